The number of nitrogen functional groups attached to an aromatic ring is 1. The van der Waals surface area contributed by atoms with Gasteiger partial charge in [-0.15, -0.1) is 0 Å². The van der Waals surface area contributed by atoms with Gasteiger partial charge in [-0.25, -0.2) is 4.98 Å². The maximum absolute atomic E-state index is 7.17. The van der Waals surface area contributed by atoms with Gasteiger partial charge in [0.05, 0.1) is 11.0 Å². The standard InChI is InChI=1S/C8H8N4/c9-8(10)7-2-1-5-6(12-7)3-4-11-5/h1-4,11H,(H3,9,10). The van der Waals surface area contributed by atoms with E-state index in [-0.39, 0.29) is 5.84 Å². The van der Waals surface area contributed by atoms with Crippen molar-refractivity contribution in [3.63, 3.8) is 0 Å². The molecule has 2 aromatic heterocycles. The van der Waals surface area contributed by atoms with Crippen molar-refractivity contribution in [2.75, 3.05) is 0 Å². The Bertz CT molecular complexity index is 429. The summed E-state index contributed by atoms with van der Waals surface area (Å²) < 4.78 is 0. The summed E-state index contributed by atoms with van der Waals surface area (Å²) in [6.45, 7) is 0. The molecule has 0 amide bonds. The normalized spacial score (nSPS) is 10.3. The summed E-state index contributed by atoms with van der Waals surface area (Å²) >= 11 is 0. The van der Waals surface area contributed by atoms with Gasteiger partial charge in [0.1, 0.15) is 11.5 Å². The molecule has 0 saturated carbocycles. The Morgan fingerprint density at radius 2 is 2.25 bits per heavy atom. The summed E-state index contributed by atoms with van der Waals surface area (Å²) in [5, 5.41) is 7.17. The first kappa shape index (κ1) is 6.84. The third kappa shape index (κ3) is 0.934. The number of nitrogens with one attached hydrogen (secondary N) is 2. The van der Waals surface area contributed by atoms with Gasteiger partial charge in [-0.3, -0.25) is 5.41 Å². The van der Waals surface area contributed by atoms with Crippen LogP contribution in [0.25, 0.3) is 11.0 Å². The molecule has 4 nitrogen and oxygen atoms in total. The second-order valence-electron chi connectivity index (χ2n) is 2.52. The zero-order chi connectivity index (χ0) is 8.55. The van der Waals surface area contributed by atoms with E-state index in [0.29, 0.717) is 5.69 Å². The van der Waals surface area contributed by atoms with E-state index in [1.54, 1.807) is 6.07 Å². The number of fused-ring (bicyclic) bond motifs is 1. The molecule has 0 aliphatic heterocycles. The Balaban J connectivity index is 2.68. The lowest BCUT2D eigenvalue weighted by Crippen LogP contribution is -2.12. The highest BCUT2D eigenvalue weighted by atomic mass is 14.8. The molecular weight excluding hydrogens is 152 g/mol. The lowest BCUT2D eigenvalue weighted by molar-refractivity contribution is 1.31. The third-order valence-electron chi connectivity index (χ3n) is 1.68. The largest absolute Gasteiger partial charge is 0.382 e. The second-order valence-corrected chi connectivity index (χ2v) is 2.52. The van der Waals surface area contributed by atoms with Crippen LogP contribution in [-0.2, 0) is 0 Å². The van der Waals surface area contributed by atoms with Crippen LogP contribution < -0.4 is 5.73 Å². The number of pyridine rings is 1. The molecule has 0 fully saturated rings. The van der Waals surface area contributed by atoms with Gasteiger partial charge in [0.15, 0.2) is 0 Å². The molecule has 12 heavy (non-hydrogen) atoms. The minimum Gasteiger partial charge on any atom is -0.382 e. The topological polar surface area (TPSA) is 78.5 Å². The Morgan fingerprint density at radius 3 is 3.00 bits per heavy atom. The molecule has 0 atom stereocenters. The molecule has 2 heterocycles. The molecule has 0 aromatic carbocycles. The summed E-state index contributed by atoms with van der Waals surface area (Å²) in [5.74, 6) is -0.00176. The first-order valence-electron chi connectivity index (χ1n) is 3.56. The smallest absolute Gasteiger partial charge is 0.141 e. The van der Waals surface area contributed by atoms with Gasteiger partial charge in [0.25, 0.3) is 0 Å². The van der Waals surface area contributed by atoms with E-state index >= 15 is 0 Å². The molecule has 0 bridgehead atoms. The number of amidine groups is 1. The lowest BCUT2D eigenvalue weighted by atomic mass is 10.3. The molecule has 60 valence electrons. The fourth-order valence-corrected chi connectivity index (χ4v) is 1.08. The van der Waals surface area contributed by atoms with Crippen LogP contribution in [0, 0.1) is 5.41 Å². The summed E-state index contributed by atoms with van der Waals surface area (Å²) in [7, 11) is 0. The van der Waals surface area contributed by atoms with Gasteiger partial charge in [0.2, 0.25) is 0 Å². The average molecular weight is 160 g/mol. The SMILES string of the molecule is N=C(N)c1ccc2[nH]ccc2n1. The summed E-state index contributed by atoms with van der Waals surface area (Å²) in [6, 6.07) is 5.43. The minimum atomic E-state index is -0.00176. The van der Waals surface area contributed by atoms with Crippen molar-refractivity contribution < 1.29 is 0 Å². The highest BCUT2D eigenvalue weighted by Crippen LogP contribution is 2.09. The van der Waals surface area contributed by atoms with E-state index in [0.717, 1.165) is 11.0 Å². The number of nitrogens with two attached hydrogens (primary N) is 1. The highest BCUT2D eigenvalue weighted by molar-refractivity contribution is 5.95. The van der Waals surface area contributed by atoms with Crippen molar-refractivity contribution in [3.8, 4) is 0 Å². The van der Waals surface area contributed by atoms with Gasteiger partial charge < -0.3 is 10.7 Å². The van der Waals surface area contributed by atoms with E-state index in [2.05, 4.69) is 9.97 Å². The zero-order valence-corrected chi connectivity index (χ0v) is 6.33. The van der Waals surface area contributed by atoms with Crippen LogP contribution in [0.5, 0.6) is 0 Å². The average Bonchev–Trinajstić information content (AvgIpc) is 2.49. The van der Waals surface area contributed by atoms with Crippen LogP contribution in [0.2, 0.25) is 0 Å². The molecule has 0 saturated heterocycles. The third-order valence-corrected chi connectivity index (χ3v) is 1.68. The number of aromatic amines is 1. The molecule has 0 radical (unpaired) electrons. The molecule has 0 aliphatic rings. The zero-order valence-electron chi connectivity index (χ0n) is 6.33. The summed E-state index contributed by atoms with van der Waals surface area (Å²) in [6.07, 6.45) is 1.81. The molecule has 0 spiro atoms. The Labute approximate surface area is 68.9 Å². The van der Waals surface area contributed by atoms with Crippen LogP contribution in [0.1, 0.15) is 5.69 Å². The first-order valence-corrected chi connectivity index (χ1v) is 3.56. The van der Waals surface area contributed by atoms with Crippen molar-refractivity contribution in [3.05, 3.63) is 30.1 Å². The maximum Gasteiger partial charge on any atom is 0.141 e. The van der Waals surface area contributed by atoms with Crippen LogP contribution in [0.4, 0.5) is 0 Å². The number of aromatic nitrogens is 2. The van der Waals surface area contributed by atoms with E-state index < -0.39 is 0 Å². The molecular formula is C8H8N4. The van der Waals surface area contributed by atoms with Crippen molar-refractivity contribution in [2.45, 2.75) is 0 Å². The van der Waals surface area contributed by atoms with Gasteiger partial charge in [-0.2, -0.15) is 0 Å². The predicted octanol–water partition coefficient (Wildman–Crippen LogP) is 0.847. The van der Waals surface area contributed by atoms with E-state index in [4.69, 9.17) is 11.1 Å². The molecule has 2 aromatic rings. The van der Waals surface area contributed by atoms with Crippen LogP contribution >= 0.6 is 0 Å². The maximum atomic E-state index is 7.17. The van der Waals surface area contributed by atoms with Gasteiger partial charge in [-0.1, -0.05) is 0 Å². The summed E-state index contributed by atoms with van der Waals surface area (Å²) in [4.78, 5) is 7.17. The van der Waals surface area contributed by atoms with Gasteiger partial charge in [-0.05, 0) is 18.2 Å². The Kier molecular flexibility index (Phi) is 1.33. The number of rotatable bonds is 1. The number of hydrogen-bond acceptors (Lipinski definition) is 2. The summed E-state index contributed by atoms with van der Waals surface area (Å²) in [5.41, 5.74) is 7.59. The number of nitrogens with zero attached hydrogens (tertiary/aromatic N) is 1. The minimum absolute atomic E-state index is 0.00176. The van der Waals surface area contributed by atoms with E-state index in [1.165, 1.54) is 0 Å². The first-order chi connectivity index (χ1) is 5.77. The van der Waals surface area contributed by atoms with Crippen molar-refractivity contribution in [2.24, 2.45) is 5.73 Å². The molecule has 4 N–H and O–H groups in total. The van der Waals surface area contributed by atoms with Crippen molar-refractivity contribution >= 4 is 16.9 Å². The van der Waals surface area contributed by atoms with Crippen LogP contribution in [0.3, 0.4) is 0 Å². The lowest BCUT2D eigenvalue weighted by Gasteiger charge is -1.95. The Hall–Kier alpha value is -1.84. The molecule has 4 heteroatoms. The monoisotopic (exact) mass is 160 g/mol. The van der Waals surface area contributed by atoms with E-state index in [9.17, 15) is 0 Å². The van der Waals surface area contributed by atoms with E-state index in [1.807, 2.05) is 18.3 Å². The Morgan fingerprint density at radius 1 is 1.42 bits per heavy atom. The van der Waals surface area contributed by atoms with Gasteiger partial charge >= 0.3 is 0 Å². The molecule has 0 aliphatic carbocycles. The molecule has 0 unspecified atom stereocenters. The van der Waals surface area contributed by atoms with Crippen LogP contribution in [-0.4, -0.2) is 15.8 Å². The predicted molar refractivity (Wildman–Crippen MR) is 47.1 cm³/mol. The van der Waals surface area contributed by atoms with Crippen LogP contribution in [0.15, 0.2) is 24.4 Å². The van der Waals surface area contributed by atoms with Crippen molar-refractivity contribution in [1.82, 2.24) is 9.97 Å². The fourth-order valence-electron chi connectivity index (χ4n) is 1.08. The number of hydrogen-bond donors (Lipinski definition) is 3. The quantitative estimate of drug-likeness (QED) is 0.427. The highest BCUT2D eigenvalue weighted by Gasteiger charge is 1.99. The fraction of sp³-hybridized carbons (Fsp3) is 0. The second kappa shape index (κ2) is 2.34. The van der Waals surface area contributed by atoms with Gasteiger partial charge in [0, 0.05) is 6.20 Å². The number of H-pyrrole nitrogens is 1. The molecule has 2 rings (SSSR count). The van der Waals surface area contributed by atoms with Crippen molar-refractivity contribution in [1.29, 1.82) is 5.41 Å².